The monoisotopic (exact) mass is 407 g/mol. The van der Waals surface area contributed by atoms with Crippen molar-refractivity contribution in [1.29, 1.82) is 0 Å². The van der Waals surface area contributed by atoms with Crippen LogP contribution < -0.4 is 4.74 Å². The number of carbonyl (C=O) groups excluding carboxylic acids is 1. The van der Waals surface area contributed by atoms with Crippen LogP contribution in [-0.2, 0) is 20.6 Å². The van der Waals surface area contributed by atoms with Crippen molar-refractivity contribution in [1.82, 2.24) is 4.98 Å². The van der Waals surface area contributed by atoms with Gasteiger partial charge in [0.25, 0.3) is 0 Å². The lowest BCUT2D eigenvalue weighted by Gasteiger charge is -2.35. The first-order chi connectivity index (χ1) is 14.7. The van der Waals surface area contributed by atoms with Crippen LogP contribution in [0.4, 0.5) is 0 Å². The third-order valence-corrected chi connectivity index (χ3v) is 6.26. The molecular formula is C24H25NO5. The molecule has 1 spiro atoms. The summed E-state index contributed by atoms with van der Waals surface area (Å²) in [6, 6.07) is 7.72. The number of benzene rings is 1. The van der Waals surface area contributed by atoms with Crippen molar-refractivity contribution in [3.63, 3.8) is 0 Å². The molecule has 6 heteroatoms. The van der Waals surface area contributed by atoms with Gasteiger partial charge >= 0.3 is 5.97 Å². The van der Waals surface area contributed by atoms with Gasteiger partial charge in [-0.25, -0.2) is 4.79 Å². The van der Waals surface area contributed by atoms with Gasteiger partial charge in [0.05, 0.1) is 32.2 Å². The topological polar surface area (TPSA) is 66.9 Å². The van der Waals surface area contributed by atoms with E-state index in [9.17, 15) is 4.79 Å². The molecular weight excluding hydrogens is 382 g/mol. The van der Waals surface area contributed by atoms with Crippen molar-refractivity contribution < 1.29 is 23.7 Å². The number of ether oxygens (including phenoxy) is 4. The van der Waals surface area contributed by atoms with E-state index < -0.39 is 5.97 Å². The lowest BCUT2D eigenvalue weighted by atomic mass is 9.80. The second-order valence-electron chi connectivity index (χ2n) is 8.04. The Kier molecular flexibility index (Phi) is 5.05. The van der Waals surface area contributed by atoms with Crippen LogP contribution in [-0.4, -0.2) is 37.1 Å². The van der Waals surface area contributed by atoms with E-state index in [0.29, 0.717) is 36.2 Å². The molecule has 30 heavy (non-hydrogen) atoms. The van der Waals surface area contributed by atoms with E-state index in [1.165, 1.54) is 7.11 Å². The molecule has 1 aromatic carbocycles. The van der Waals surface area contributed by atoms with Crippen LogP contribution >= 0.6 is 0 Å². The predicted molar refractivity (Wildman–Crippen MR) is 111 cm³/mol. The smallest absolute Gasteiger partial charge is 0.341 e. The first-order valence-electron chi connectivity index (χ1n) is 10.5. The number of methoxy groups -OCH3 is 1. The SMILES string of the molecule is COC(=O)c1ccc(C2CCC3(CC2)OCCO3)cc1Oc1cnc2c(c1)C=CC2. The summed E-state index contributed by atoms with van der Waals surface area (Å²) in [6.45, 7) is 1.36. The molecule has 0 atom stereocenters. The third-order valence-electron chi connectivity index (χ3n) is 6.26. The molecule has 1 aromatic heterocycles. The molecule has 3 aliphatic rings. The quantitative estimate of drug-likeness (QED) is 0.689. The molecule has 1 aliphatic heterocycles. The Balaban J connectivity index is 1.40. The van der Waals surface area contributed by atoms with E-state index in [0.717, 1.165) is 48.9 Å². The van der Waals surface area contributed by atoms with E-state index >= 15 is 0 Å². The van der Waals surface area contributed by atoms with Crippen LogP contribution in [0.1, 0.15) is 58.8 Å². The Labute approximate surface area is 175 Å². The van der Waals surface area contributed by atoms with Crippen molar-refractivity contribution in [3.05, 3.63) is 58.9 Å². The van der Waals surface area contributed by atoms with Crippen LogP contribution in [0.5, 0.6) is 11.5 Å². The van der Waals surface area contributed by atoms with Crippen molar-refractivity contribution in [2.24, 2.45) is 0 Å². The zero-order chi connectivity index (χ0) is 20.6. The molecule has 0 amide bonds. The van der Waals surface area contributed by atoms with Crippen LogP contribution in [0.15, 0.2) is 36.5 Å². The Morgan fingerprint density at radius 1 is 1.17 bits per heavy atom. The van der Waals surface area contributed by atoms with E-state index in [2.05, 4.69) is 11.1 Å². The maximum Gasteiger partial charge on any atom is 0.341 e. The van der Waals surface area contributed by atoms with Crippen LogP contribution in [0.2, 0.25) is 0 Å². The Morgan fingerprint density at radius 2 is 1.97 bits per heavy atom. The molecule has 2 aliphatic carbocycles. The summed E-state index contributed by atoms with van der Waals surface area (Å²) in [6.07, 6.45) is 10.4. The largest absolute Gasteiger partial charge is 0.465 e. The van der Waals surface area contributed by atoms with E-state index in [1.807, 2.05) is 24.3 Å². The molecule has 2 aromatic rings. The summed E-state index contributed by atoms with van der Waals surface area (Å²) < 4.78 is 22.8. The van der Waals surface area contributed by atoms with E-state index in [-0.39, 0.29) is 5.79 Å². The van der Waals surface area contributed by atoms with Crippen LogP contribution in [0, 0.1) is 0 Å². The van der Waals surface area contributed by atoms with E-state index in [1.54, 1.807) is 12.3 Å². The zero-order valence-electron chi connectivity index (χ0n) is 17.1. The second kappa shape index (κ2) is 7.85. The van der Waals surface area contributed by atoms with Gasteiger partial charge in [-0.1, -0.05) is 18.2 Å². The summed E-state index contributed by atoms with van der Waals surface area (Å²) in [4.78, 5) is 16.8. The molecule has 156 valence electrons. The van der Waals surface area contributed by atoms with Gasteiger partial charge in [0.1, 0.15) is 17.1 Å². The van der Waals surface area contributed by atoms with E-state index in [4.69, 9.17) is 18.9 Å². The summed E-state index contributed by atoms with van der Waals surface area (Å²) in [5.41, 5.74) is 3.65. The van der Waals surface area contributed by atoms with Crippen LogP contribution in [0.25, 0.3) is 6.08 Å². The summed E-state index contributed by atoms with van der Waals surface area (Å²) in [5.74, 6) is 0.680. The summed E-state index contributed by atoms with van der Waals surface area (Å²) >= 11 is 0. The molecule has 0 radical (unpaired) electrons. The van der Waals surface area contributed by atoms with Gasteiger partial charge in [-0.15, -0.1) is 0 Å². The van der Waals surface area contributed by atoms with Gasteiger partial charge in [-0.3, -0.25) is 4.98 Å². The molecule has 0 bridgehead atoms. The average molecular weight is 407 g/mol. The number of rotatable bonds is 4. The number of allylic oxidation sites excluding steroid dienone is 1. The molecule has 5 rings (SSSR count). The lowest BCUT2D eigenvalue weighted by Crippen LogP contribution is -2.34. The highest BCUT2D eigenvalue weighted by Crippen LogP contribution is 2.43. The van der Waals surface area contributed by atoms with Crippen molar-refractivity contribution in [3.8, 4) is 11.5 Å². The number of carbonyl (C=O) groups is 1. The average Bonchev–Trinajstić information content (AvgIpc) is 3.43. The first kappa shape index (κ1) is 19.3. The molecule has 1 saturated carbocycles. The predicted octanol–water partition coefficient (Wildman–Crippen LogP) is 4.63. The van der Waals surface area contributed by atoms with Gasteiger partial charge < -0.3 is 18.9 Å². The molecule has 0 N–H and O–H groups in total. The maximum absolute atomic E-state index is 12.3. The molecule has 1 saturated heterocycles. The number of esters is 1. The minimum absolute atomic E-state index is 0.374. The van der Waals surface area contributed by atoms with Gasteiger partial charge in [0.2, 0.25) is 0 Å². The number of fused-ring (bicyclic) bond motifs is 1. The molecule has 0 unspecified atom stereocenters. The highest BCUT2D eigenvalue weighted by molar-refractivity contribution is 5.92. The van der Waals surface area contributed by atoms with Crippen LogP contribution in [0.3, 0.4) is 0 Å². The fraction of sp³-hybridized carbons (Fsp3) is 0.417. The second-order valence-corrected chi connectivity index (χ2v) is 8.04. The highest BCUT2D eigenvalue weighted by atomic mass is 16.7. The minimum Gasteiger partial charge on any atom is -0.465 e. The highest BCUT2D eigenvalue weighted by Gasteiger charge is 2.40. The zero-order valence-corrected chi connectivity index (χ0v) is 17.1. The normalized spacial score (nSPS) is 19.8. The number of pyridine rings is 1. The number of nitrogens with zero attached hydrogens (tertiary/aromatic N) is 1. The van der Waals surface area contributed by atoms with Gasteiger partial charge in [0.15, 0.2) is 5.79 Å². The fourth-order valence-corrected chi connectivity index (χ4v) is 4.62. The van der Waals surface area contributed by atoms with Crippen molar-refractivity contribution >= 4 is 12.0 Å². The number of hydrogen-bond donors (Lipinski definition) is 0. The molecule has 2 heterocycles. The lowest BCUT2D eigenvalue weighted by molar-refractivity contribution is -0.178. The molecule has 2 fully saturated rings. The first-order valence-corrected chi connectivity index (χ1v) is 10.5. The standard InChI is InChI=1S/C24H25NO5/c1-27-23(26)20-6-5-17(16-7-9-24(10-8-16)28-11-12-29-24)14-22(20)30-19-13-18-3-2-4-21(18)25-15-19/h2-3,5-6,13-16H,4,7-12H2,1H3. The van der Waals surface area contributed by atoms with Gasteiger partial charge in [0, 0.05) is 19.3 Å². The Morgan fingerprint density at radius 3 is 2.73 bits per heavy atom. The fourth-order valence-electron chi connectivity index (χ4n) is 4.62. The number of aromatic nitrogens is 1. The summed E-state index contributed by atoms with van der Waals surface area (Å²) in [5, 5.41) is 0. The van der Waals surface area contributed by atoms with Gasteiger partial charge in [-0.05, 0) is 48.1 Å². The van der Waals surface area contributed by atoms with Gasteiger partial charge in [-0.2, -0.15) is 0 Å². The summed E-state index contributed by atoms with van der Waals surface area (Å²) in [7, 11) is 1.38. The third kappa shape index (κ3) is 3.61. The Bertz CT molecular complexity index is 983. The molecule has 6 nitrogen and oxygen atoms in total. The van der Waals surface area contributed by atoms with Crippen molar-refractivity contribution in [2.75, 3.05) is 20.3 Å². The maximum atomic E-state index is 12.3. The minimum atomic E-state index is -0.416. The number of hydrogen-bond acceptors (Lipinski definition) is 6. The Hall–Kier alpha value is -2.70. The van der Waals surface area contributed by atoms with Crippen molar-refractivity contribution in [2.45, 2.75) is 43.8 Å².